The third kappa shape index (κ3) is 4.00. The SMILES string of the molecule is CC(=O)N1CCN([C@H]2CN(Cc3cc(C#N)ccc3F)C[C@H]2C)CC1. The van der Waals surface area contributed by atoms with Gasteiger partial charge in [0.1, 0.15) is 5.82 Å². The van der Waals surface area contributed by atoms with Gasteiger partial charge >= 0.3 is 0 Å². The van der Waals surface area contributed by atoms with Gasteiger partial charge < -0.3 is 4.90 Å². The van der Waals surface area contributed by atoms with Crippen LogP contribution >= 0.6 is 0 Å². The van der Waals surface area contributed by atoms with Crippen LogP contribution in [0.4, 0.5) is 4.39 Å². The molecule has 0 saturated carbocycles. The molecule has 2 fully saturated rings. The van der Waals surface area contributed by atoms with Crippen molar-refractivity contribution in [2.75, 3.05) is 39.3 Å². The van der Waals surface area contributed by atoms with Gasteiger partial charge in [-0.15, -0.1) is 0 Å². The minimum atomic E-state index is -0.245. The van der Waals surface area contributed by atoms with Gasteiger partial charge in [0.05, 0.1) is 11.6 Å². The lowest BCUT2D eigenvalue weighted by atomic mass is 10.0. The first-order chi connectivity index (χ1) is 12.0. The third-order valence-electron chi connectivity index (χ3n) is 5.45. The van der Waals surface area contributed by atoms with E-state index in [2.05, 4.69) is 22.8 Å². The normalized spacial score (nSPS) is 25.1. The van der Waals surface area contributed by atoms with E-state index in [4.69, 9.17) is 5.26 Å². The van der Waals surface area contributed by atoms with Crippen molar-refractivity contribution in [1.82, 2.24) is 14.7 Å². The van der Waals surface area contributed by atoms with Crippen LogP contribution in [0.25, 0.3) is 0 Å². The zero-order chi connectivity index (χ0) is 18.0. The van der Waals surface area contributed by atoms with Crippen molar-refractivity contribution < 1.29 is 9.18 Å². The maximum Gasteiger partial charge on any atom is 0.219 e. The van der Waals surface area contributed by atoms with Gasteiger partial charge in [-0.25, -0.2) is 4.39 Å². The molecule has 0 unspecified atom stereocenters. The minimum absolute atomic E-state index is 0.147. The smallest absolute Gasteiger partial charge is 0.219 e. The van der Waals surface area contributed by atoms with E-state index < -0.39 is 0 Å². The van der Waals surface area contributed by atoms with Gasteiger partial charge in [-0.1, -0.05) is 6.92 Å². The highest BCUT2D eigenvalue weighted by atomic mass is 19.1. The number of carbonyl (C=O) groups excluding carboxylic acids is 1. The predicted molar refractivity (Wildman–Crippen MR) is 93.2 cm³/mol. The average molecular weight is 344 g/mol. The molecule has 0 aliphatic carbocycles. The molecular weight excluding hydrogens is 319 g/mol. The molecule has 0 N–H and O–H groups in total. The second kappa shape index (κ2) is 7.51. The van der Waals surface area contributed by atoms with Gasteiger partial charge in [0.2, 0.25) is 5.91 Å². The number of halogens is 1. The van der Waals surface area contributed by atoms with Crippen molar-refractivity contribution in [3.8, 4) is 6.07 Å². The second-order valence-corrected chi connectivity index (χ2v) is 7.20. The molecule has 0 aromatic heterocycles. The lowest BCUT2D eigenvalue weighted by Crippen LogP contribution is -2.53. The van der Waals surface area contributed by atoms with E-state index in [0.29, 0.717) is 29.6 Å². The van der Waals surface area contributed by atoms with E-state index in [0.717, 1.165) is 39.3 Å². The molecule has 5 nitrogen and oxygen atoms in total. The van der Waals surface area contributed by atoms with Crippen molar-refractivity contribution in [2.24, 2.45) is 5.92 Å². The Morgan fingerprint density at radius 3 is 2.64 bits per heavy atom. The molecule has 2 atom stereocenters. The number of nitrogens with zero attached hydrogens (tertiary/aromatic N) is 4. The third-order valence-corrected chi connectivity index (χ3v) is 5.45. The zero-order valence-electron chi connectivity index (χ0n) is 14.9. The number of rotatable bonds is 3. The largest absolute Gasteiger partial charge is 0.340 e. The van der Waals surface area contributed by atoms with Crippen molar-refractivity contribution >= 4 is 5.91 Å². The molecule has 3 rings (SSSR count). The van der Waals surface area contributed by atoms with Gasteiger partial charge in [-0.2, -0.15) is 5.26 Å². The van der Waals surface area contributed by atoms with E-state index >= 15 is 0 Å². The highest BCUT2D eigenvalue weighted by Crippen LogP contribution is 2.25. The van der Waals surface area contributed by atoms with E-state index in [1.165, 1.54) is 12.1 Å². The summed E-state index contributed by atoms with van der Waals surface area (Å²) in [6.45, 7) is 9.61. The summed E-state index contributed by atoms with van der Waals surface area (Å²) in [4.78, 5) is 18.1. The van der Waals surface area contributed by atoms with Crippen LogP contribution in [0.1, 0.15) is 25.0 Å². The van der Waals surface area contributed by atoms with Crippen LogP contribution in [0.15, 0.2) is 18.2 Å². The number of carbonyl (C=O) groups is 1. The summed E-state index contributed by atoms with van der Waals surface area (Å²) >= 11 is 0. The molecule has 1 aromatic carbocycles. The monoisotopic (exact) mass is 344 g/mol. The van der Waals surface area contributed by atoms with Gasteiger partial charge in [0, 0.05) is 64.3 Å². The van der Waals surface area contributed by atoms with Crippen LogP contribution in [0.2, 0.25) is 0 Å². The highest BCUT2D eigenvalue weighted by molar-refractivity contribution is 5.73. The number of hydrogen-bond acceptors (Lipinski definition) is 4. The first-order valence-electron chi connectivity index (χ1n) is 8.88. The lowest BCUT2D eigenvalue weighted by molar-refractivity contribution is -0.130. The quantitative estimate of drug-likeness (QED) is 0.837. The van der Waals surface area contributed by atoms with Gasteiger partial charge in [-0.3, -0.25) is 14.6 Å². The predicted octanol–water partition coefficient (Wildman–Crippen LogP) is 1.68. The van der Waals surface area contributed by atoms with Crippen LogP contribution in [-0.4, -0.2) is 65.9 Å². The van der Waals surface area contributed by atoms with Crippen molar-refractivity contribution in [3.05, 3.63) is 35.1 Å². The van der Waals surface area contributed by atoms with Crippen molar-refractivity contribution in [3.63, 3.8) is 0 Å². The molecule has 1 aromatic rings. The molecule has 2 saturated heterocycles. The number of piperazine rings is 1. The summed E-state index contributed by atoms with van der Waals surface area (Å²) in [5.74, 6) is 0.407. The molecule has 1 amide bonds. The van der Waals surface area contributed by atoms with Crippen LogP contribution in [0, 0.1) is 23.1 Å². The number of nitriles is 1. The molecular formula is C19H25FN4O. The Kier molecular flexibility index (Phi) is 5.36. The molecule has 0 spiro atoms. The van der Waals surface area contributed by atoms with Gasteiger partial charge in [-0.05, 0) is 24.1 Å². The molecule has 2 aliphatic heterocycles. The van der Waals surface area contributed by atoms with Gasteiger partial charge in [0.15, 0.2) is 0 Å². The topological polar surface area (TPSA) is 50.6 Å². The summed E-state index contributed by atoms with van der Waals surface area (Å²) in [6, 6.07) is 7.07. The summed E-state index contributed by atoms with van der Waals surface area (Å²) in [5, 5.41) is 9.01. The first kappa shape index (κ1) is 17.8. The van der Waals surface area contributed by atoms with Crippen LogP contribution < -0.4 is 0 Å². The van der Waals surface area contributed by atoms with Crippen LogP contribution in [0.5, 0.6) is 0 Å². The van der Waals surface area contributed by atoms with E-state index in [9.17, 15) is 9.18 Å². The van der Waals surface area contributed by atoms with Crippen molar-refractivity contribution in [2.45, 2.75) is 26.4 Å². The molecule has 6 heteroatoms. The molecule has 2 aliphatic rings. The highest BCUT2D eigenvalue weighted by Gasteiger charge is 2.35. The Morgan fingerprint density at radius 2 is 2.00 bits per heavy atom. The minimum Gasteiger partial charge on any atom is -0.340 e. The lowest BCUT2D eigenvalue weighted by Gasteiger charge is -2.39. The zero-order valence-corrected chi connectivity index (χ0v) is 14.9. The maximum absolute atomic E-state index is 14.0. The maximum atomic E-state index is 14.0. The second-order valence-electron chi connectivity index (χ2n) is 7.20. The Bertz CT molecular complexity index is 678. The van der Waals surface area contributed by atoms with Gasteiger partial charge in [0.25, 0.3) is 0 Å². The Hall–Kier alpha value is -1.97. The van der Waals surface area contributed by atoms with Crippen LogP contribution in [0.3, 0.4) is 0 Å². The molecule has 0 radical (unpaired) electrons. The van der Waals surface area contributed by atoms with Crippen LogP contribution in [-0.2, 0) is 11.3 Å². The van der Waals surface area contributed by atoms with E-state index in [-0.39, 0.29) is 11.7 Å². The summed E-state index contributed by atoms with van der Waals surface area (Å²) in [5.41, 5.74) is 1.09. The Labute approximate surface area is 148 Å². The summed E-state index contributed by atoms with van der Waals surface area (Å²) < 4.78 is 14.0. The summed E-state index contributed by atoms with van der Waals surface area (Å²) in [6.07, 6.45) is 0. The average Bonchev–Trinajstić information content (AvgIpc) is 2.97. The Balaban J connectivity index is 1.61. The number of likely N-dealkylation sites (tertiary alicyclic amines) is 1. The number of amides is 1. The molecule has 134 valence electrons. The first-order valence-corrected chi connectivity index (χ1v) is 8.88. The number of benzene rings is 1. The molecule has 2 heterocycles. The fourth-order valence-corrected chi connectivity index (χ4v) is 4.03. The van der Waals surface area contributed by atoms with Crippen molar-refractivity contribution in [1.29, 1.82) is 5.26 Å². The van der Waals surface area contributed by atoms with E-state index in [1.807, 2.05) is 4.90 Å². The fourth-order valence-electron chi connectivity index (χ4n) is 4.03. The fraction of sp³-hybridized carbons (Fsp3) is 0.579. The molecule has 25 heavy (non-hydrogen) atoms. The molecule has 0 bridgehead atoms. The van der Waals surface area contributed by atoms with E-state index in [1.54, 1.807) is 13.0 Å². The standard InChI is InChI=1S/C19H25FN4O/c1-14-11-22(12-17-9-16(10-21)3-4-18(17)20)13-19(14)24-7-5-23(6-8-24)15(2)25/h3-4,9,14,19H,5-8,11-13H2,1-2H3/t14-,19+/m1/s1. The summed E-state index contributed by atoms with van der Waals surface area (Å²) in [7, 11) is 0. The number of hydrogen-bond donors (Lipinski definition) is 0. The Morgan fingerprint density at radius 1 is 1.28 bits per heavy atom.